The van der Waals surface area contributed by atoms with Crippen LogP contribution in [-0.2, 0) is 6.61 Å². The first-order valence-electron chi connectivity index (χ1n) is 10.4. The maximum absolute atomic E-state index is 10.0. The summed E-state index contributed by atoms with van der Waals surface area (Å²) in [6.07, 6.45) is 6.34. The van der Waals surface area contributed by atoms with Crippen LogP contribution in [0, 0.1) is 18.3 Å². The van der Waals surface area contributed by atoms with E-state index in [1.807, 2.05) is 6.92 Å². The zero-order valence-electron chi connectivity index (χ0n) is 17.4. The zero-order chi connectivity index (χ0) is 21.5. The van der Waals surface area contributed by atoms with Crippen LogP contribution in [0.2, 0.25) is 5.02 Å². The van der Waals surface area contributed by atoms with Gasteiger partial charge in [-0.2, -0.15) is 0 Å². The van der Waals surface area contributed by atoms with Gasteiger partial charge in [-0.1, -0.05) is 23.4 Å². The molecule has 5 N–H and O–H groups in total. The number of nitrogens with two attached hydrogens (primary N) is 2. The molecule has 3 heterocycles. The number of aliphatic hydroxyl groups excluding tert-OH is 1. The van der Waals surface area contributed by atoms with Crippen LogP contribution in [0.25, 0.3) is 0 Å². The Morgan fingerprint density at radius 3 is 2.63 bits per heavy atom. The Morgan fingerprint density at radius 1 is 1.33 bits per heavy atom. The van der Waals surface area contributed by atoms with Crippen LogP contribution in [0.5, 0.6) is 0 Å². The molecule has 2 aliphatic rings. The van der Waals surface area contributed by atoms with Crippen molar-refractivity contribution in [2.24, 2.45) is 17.1 Å². The number of piperidine rings is 1. The molecule has 7 nitrogen and oxygen atoms in total. The third-order valence-electron chi connectivity index (χ3n) is 6.61. The van der Waals surface area contributed by atoms with Crippen molar-refractivity contribution in [2.45, 2.75) is 62.1 Å². The Morgan fingerprint density at radius 2 is 2.03 bits per heavy atom. The second kappa shape index (κ2) is 8.49. The van der Waals surface area contributed by atoms with Crippen LogP contribution in [0.3, 0.4) is 0 Å². The number of nitrogens with zero attached hydrogens (tertiary/aromatic N) is 4. The molecule has 30 heavy (non-hydrogen) atoms. The fraction of sp³-hybridized carbons (Fsp3) is 0.571. The first-order chi connectivity index (χ1) is 14.4. The van der Waals surface area contributed by atoms with Crippen LogP contribution in [0.4, 0.5) is 11.6 Å². The molecule has 2 fully saturated rings. The lowest BCUT2D eigenvalue weighted by Crippen LogP contribution is -2.50. The predicted molar refractivity (Wildman–Crippen MR) is 121 cm³/mol. The van der Waals surface area contributed by atoms with E-state index in [9.17, 15) is 5.11 Å². The molecule has 1 aliphatic heterocycles. The summed E-state index contributed by atoms with van der Waals surface area (Å²) in [7, 11) is 0. The van der Waals surface area contributed by atoms with Gasteiger partial charge in [0.1, 0.15) is 16.5 Å². The smallest absolute Gasteiger partial charge is 0.153 e. The van der Waals surface area contributed by atoms with Gasteiger partial charge >= 0.3 is 0 Å². The van der Waals surface area contributed by atoms with Crippen molar-refractivity contribution in [2.75, 3.05) is 23.7 Å². The molecular weight excluding hydrogens is 420 g/mol. The largest absolute Gasteiger partial charge is 0.390 e. The Balaban J connectivity index is 1.56. The van der Waals surface area contributed by atoms with Gasteiger partial charge in [0, 0.05) is 30.2 Å². The molecule has 9 heteroatoms. The van der Waals surface area contributed by atoms with E-state index in [0.717, 1.165) is 48.3 Å². The number of halogens is 1. The van der Waals surface area contributed by atoms with Crippen LogP contribution in [0.1, 0.15) is 44.0 Å². The monoisotopic (exact) mass is 448 g/mol. The first-order valence-corrected chi connectivity index (χ1v) is 11.6. The standard InChI is InChI=1S/C21H29ClN6OS/c1-12-20(30-16-5-8-25-18(24)17(16)22)27-15(11-29)19(26-12)28-9-6-21(7-10-28,13(2)23)14-3-4-14/h5,8,13-14,29H,3-4,6-7,9-11,23H2,1-2H3,(H2,24,25)/t13-/m0/s1. The van der Waals surface area contributed by atoms with Gasteiger partial charge in [0.25, 0.3) is 0 Å². The minimum absolute atomic E-state index is 0.167. The fourth-order valence-electron chi connectivity index (χ4n) is 4.63. The second-order valence-electron chi connectivity index (χ2n) is 8.44. The Labute approximate surface area is 186 Å². The molecule has 2 aromatic heterocycles. The Kier molecular flexibility index (Phi) is 6.12. The SMILES string of the molecule is Cc1nc(N2CCC(C3CC3)([C@H](C)N)CC2)c(CO)nc1Sc1ccnc(N)c1Cl. The molecule has 0 spiro atoms. The van der Waals surface area contributed by atoms with Gasteiger partial charge in [-0.3, -0.25) is 0 Å². The predicted octanol–water partition coefficient (Wildman–Crippen LogP) is 3.40. The summed E-state index contributed by atoms with van der Waals surface area (Å²) < 4.78 is 0. The fourth-order valence-corrected chi connectivity index (χ4v) is 5.74. The highest BCUT2D eigenvalue weighted by molar-refractivity contribution is 7.99. The van der Waals surface area contributed by atoms with Crippen molar-refractivity contribution in [3.8, 4) is 0 Å². The minimum Gasteiger partial charge on any atom is -0.390 e. The van der Waals surface area contributed by atoms with E-state index in [1.165, 1.54) is 24.6 Å². The summed E-state index contributed by atoms with van der Waals surface area (Å²) in [5.74, 6) is 1.82. The van der Waals surface area contributed by atoms with Crippen LogP contribution in [-0.4, -0.2) is 39.2 Å². The van der Waals surface area contributed by atoms with Crippen molar-refractivity contribution in [1.29, 1.82) is 0 Å². The number of rotatable bonds is 6. The van der Waals surface area contributed by atoms with Gasteiger partial charge in [-0.25, -0.2) is 15.0 Å². The summed E-state index contributed by atoms with van der Waals surface area (Å²) in [6, 6.07) is 2.00. The highest BCUT2D eigenvalue weighted by atomic mass is 35.5. The van der Waals surface area contributed by atoms with Gasteiger partial charge < -0.3 is 21.5 Å². The third kappa shape index (κ3) is 3.98. The quantitative estimate of drug-likeness (QED) is 0.615. The van der Waals surface area contributed by atoms with Crippen LogP contribution >= 0.6 is 23.4 Å². The summed E-state index contributed by atoms with van der Waals surface area (Å²) in [4.78, 5) is 16.6. The Hall–Kier alpha value is -1.61. The summed E-state index contributed by atoms with van der Waals surface area (Å²) in [5.41, 5.74) is 13.8. The van der Waals surface area contributed by atoms with Gasteiger partial charge in [-0.15, -0.1) is 0 Å². The highest BCUT2D eigenvalue weighted by Gasteiger charge is 2.49. The molecule has 1 aliphatic carbocycles. The lowest BCUT2D eigenvalue weighted by molar-refractivity contribution is 0.142. The number of aryl methyl sites for hydroxylation is 1. The molecule has 0 amide bonds. The maximum Gasteiger partial charge on any atom is 0.153 e. The molecule has 1 atom stereocenters. The Bertz CT molecular complexity index is 924. The van der Waals surface area contributed by atoms with Crippen molar-refractivity contribution >= 4 is 35.0 Å². The number of anilines is 2. The highest BCUT2D eigenvalue weighted by Crippen LogP contribution is 2.53. The van der Waals surface area contributed by atoms with E-state index in [4.69, 9.17) is 33.0 Å². The van der Waals surface area contributed by atoms with Gasteiger partial charge in [0.05, 0.1) is 17.3 Å². The lowest BCUT2D eigenvalue weighted by Gasteiger charge is -2.45. The summed E-state index contributed by atoms with van der Waals surface area (Å²) in [6.45, 7) is 5.69. The van der Waals surface area contributed by atoms with Crippen molar-refractivity contribution < 1.29 is 5.11 Å². The maximum atomic E-state index is 10.0. The van der Waals surface area contributed by atoms with Gasteiger partial charge in [-0.05, 0) is 56.9 Å². The topological polar surface area (TPSA) is 114 Å². The molecule has 2 aromatic rings. The van der Waals surface area contributed by atoms with Crippen molar-refractivity contribution in [1.82, 2.24) is 15.0 Å². The summed E-state index contributed by atoms with van der Waals surface area (Å²) >= 11 is 7.66. The first kappa shape index (κ1) is 21.6. The van der Waals surface area contributed by atoms with E-state index in [0.29, 0.717) is 15.7 Å². The summed E-state index contributed by atoms with van der Waals surface area (Å²) in [5, 5.41) is 11.1. The zero-order valence-corrected chi connectivity index (χ0v) is 19.0. The number of hydrogen-bond acceptors (Lipinski definition) is 8. The van der Waals surface area contributed by atoms with Gasteiger partial charge in [0.15, 0.2) is 5.82 Å². The van der Waals surface area contributed by atoms with Crippen molar-refractivity contribution in [3.05, 3.63) is 28.7 Å². The van der Waals surface area contributed by atoms with Gasteiger partial charge in [0.2, 0.25) is 0 Å². The molecule has 162 valence electrons. The van der Waals surface area contributed by atoms with E-state index in [1.54, 1.807) is 12.3 Å². The number of aromatic nitrogens is 3. The minimum atomic E-state index is -0.167. The number of aliphatic hydroxyl groups is 1. The lowest BCUT2D eigenvalue weighted by atomic mass is 9.69. The molecular formula is C21H29ClN6OS. The molecule has 0 aromatic carbocycles. The second-order valence-corrected chi connectivity index (χ2v) is 9.84. The van der Waals surface area contributed by atoms with E-state index < -0.39 is 0 Å². The van der Waals surface area contributed by atoms with E-state index >= 15 is 0 Å². The molecule has 0 unspecified atom stereocenters. The molecule has 0 radical (unpaired) electrons. The normalized spacial score (nSPS) is 19.7. The average molecular weight is 449 g/mol. The van der Waals surface area contributed by atoms with Crippen molar-refractivity contribution in [3.63, 3.8) is 0 Å². The van der Waals surface area contributed by atoms with E-state index in [2.05, 4.69) is 16.8 Å². The van der Waals surface area contributed by atoms with Crippen LogP contribution < -0.4 is 16.4 Å². The molecule has 4 rings (SSSR count). The average Bonchev–Trinajstić information content (AvgIpc) is 3.58. The third-order valence-corrected chi connectivity index (χ3v) is 8.26. The number of nitrogen functional groups attached to an aromatic ring is 1. The molecule has 1 saturated carbocycles. The number of hydrogen-bond donors (Lipinski definition) is 3. The molecule has 1 saturated heterocycles. The van der Waals surface area contributed by atoms with Crippen LogP contribution in [0.15, 0.2) is 22.2 Å². The van der Waals surface area contributed by atoms with E-state index in [-0.39, 0.29) is 23.9 Å². The number of pyridine rings is 1. The molecule has 0 bridgehead atoms.